The Hall–Kier alpha value is -2.56. The molecule has 5 heteroatoms. The molecule has 0 saturated carbocycles. The molecule has 0 unspecified atom stereocenters. The van der Waals surface area contributed by atoms with Crippen LogP contribution in [-0.4, -0.2) is 22.5 Å². The van der Waals surface area contributed by atoms with Crippen molar-refractivity contribution in [3.05, 3.63) is 41.6 Å². The van der Waals surface area contributed by atoms with Crippen molar-refractivity contribution in [2.24, 2.45) is 5.10 Å². The van der Waals surface area contributed by atoms with Gasteiger partial charge in [0.05, 0.1) is 6.10 Å². The molecule has 1 amide bonds. The van der Waals surface area contributed by atoms with Crippen LogP contribution in [0.2, 0.25) is 0 Å². The number of ether oxygens (including phenoxy) is 1. The van der Waals surface area contributed by atoms with Gasteiger partial charge in [-0.25, -0.2) is 5.43 Å². The second kappa shape index (κ2) is 5.91. The second-order valence-electron chi connectivity index (χ2n) is 6.19. The molecule has 0 spiro atoms. The zero-order valence-electron chi connectivity index (χ0n) is 13.8. The Kier molecular flexibility index (Phi) is 3.94. The molecular weight excluding hydrogens is 290 g/mol. The Balaban J connectivity index is 2.10. The number of nitrogens with zero attached hydrogens (tertiary/aromatic N) is 2. The number of carbonyl (C=O) groups excluding carboxylic acids is 1. The van der Waals surface area contributed by atoms with Crippen molar-refractivity contribution in [3.63, 3.8) is 0 Å². The average molecular weight is 311 g/mol. The van der Waals surface area contributed by atoms with Crippen molar-refractivity contribution >= 4 is 28.8 Å². The van der Waals surface area contributed by atoms with Crippen LogP contribution in [0.5, 0.6) is 0 Å². The number of hydrogen-bond acceptors (Lipinski definition) is 3. The molecule has 0 aliphatic carbocycles. The highest BCUT2D eigenvalue weighted by Gasteiger charge is 2.25. The van der Waals surface area contributed by atoms with Gasteiger partial charge in [0.15, 0.2) is 0 Å². The molecule has 1 aliphatic heterocycles. The molecule has 0 radical (unpaired) electrons. The topological polar surface area (TPSA) is 55.6 Å². The lowest BCUT2D eigenvalue weighted by Gasteiger charge is -2.08. The number of fused-ring (bicyclic) bond motifs is 1. The molecule has 0 fully saturated rings. The van der Waals surface area contributed by atoms with Gasteiger partial charge in [-0.15, -0.1) is 5.10 Å². The zero-order chi connectivity index (χ0) is 16.6. The van der Waals surface area contributed by atoms with E-state index in [1.165, 1.54) is 0 Å². The molecule has 5 nitrogen and oxygen atoms in total. The molecule has 1 N–H and O–H groups in total. The summed E-state index contributed by atoms with van der Waals surface area (Å²) in [7, 11) is 0. The van der Waals surface area contributed by atoms with Gasteiger partial charge in [0.1, 0.15) is 5.57 Å². The van der Waals surface area contributed by atoms with Crippen LogP contribution >= 0.6 is 0 Å². The van der Waals surface area contributed by atoms with Crippen LogP contribution in [0.1, 0.15) is 39.3 Å². The molecule has 2 heterocycles. The van der Waals surface area contributed by atoms with E-state index in [2.05, 4.69) is 47.3 Å². The van der Waals surface area contributed by atoms with Gasteiger partial charge in [-0.3, -0.25) is 4.79 Å². The van der Waals surface area contributed by atoms with E-state index in [1.807, 2.05) is 32.1 Å². The minimum absolute atomic E-state index is 0.0399. The van der Waals surface area contributed by atoms with Crippen molar-refractivity contribution in [1.29, 1.82) is 0 Å². The van der Waals surface area contributed by atoms with Gasteiger partial charge in [0, 0.05) is 28.7 Å². The van der Waals surface area contributed by atoms with Crippen LogP contribution in [0, 0.1) is 0 Å². The maximum absolute atomic E-state index is 12.1. The monoisotopic (exact) mass is 311 g/mol. The predicted octanol–water partition coefficient (Wildman–Crippen LogP) is 3.47. The van der Waals surface area contributed by atoms with E-state index in [9.17, 15) is 4.79 Å². The van der Waals surface area contributed by atoms with Gasteiger partial charge in [-0.05, 0) is 39.8 Å². The van der Waals surface area contributed by atoms with E-state index < -0.39 is 0 Å². The molecule has 2 aromatic rings. The summed E-state index contributed by atoms with van der Waals surface area (Å²) in [6.07, 6.45) is 3.88. The number of hydrazone groups is 1. The average Bonchev–Trinajstić information content (AvgIpc) is 3.03. The Morgan fingerprint density at radius 2 is 1.96 bits per heavy atom. The molecular formula is C18H21N3O2. The van der Waals surface area contributed by atoms with Crippen LogP contribution in [0.15, 0.2) is 41.1 Å². The highest BCUT2D eigenvalue weighted by atomic mass is 16.5. The Labute approximate surface area is 135 Å². The van der Waals surface area contributed by atoms with E-state index in [1.54, 1.807) is 0 Å². The molecule has 1 aliphatic rings. The highest BCUT2D eigenvalue weighted by Crippen LogP contribution is 2.27. The normalized spacial score (nSPS) is 16.5. The first-order valence-corrected chi connectivity index (χ1v) is 7.83. The van der Waals surface area contributed by atoms with Gasteiger partial charge >= 0.3 is 0 Å². The third kappa shape index (κ3) is 2.86. The molecule has 1 aromatic carbocycles. The lowest BCUT2D eigenvalue weighted by atomic mass is 10.1. The standard InChI is InChI=1S/C18H21N3O2/c1-11(2)21-10-13(14-7-5-6-8-16(14)21)9-15-17(22)19-20-18(15)23-12(3)4/h5-12H,1-4H3,(H,19,22)/b15-9-. The van der Waals surface area contributed by atoms with Crippen LogP contribution in [-0.2, 0) is 9.53 Å². The van der Waals surface area contributed by atoms with Crippen molar-refractivity contribution in [3.8, 4) is 0 Å². The summed E-state index contributed by atoms with van der Waals surface area (Å²) in [5, 5.41) is 5.08. The number of benzene rings is 1. The summed E-state index contributed by atoms with van der Waals surface area (Å²) < 4.78 is 7.83. The SMILES string of the molecule is CC(C)OC1=NNC(=O)/C1=C/c1cn(C(C)C)c2ccccc12. The van der Waals surface area contributed by atoms with Gasteiger partial charge in [0.25, 0.3) is 5.91 Å². The first-order chi connectivity index (χ1) is 11.0. The Morgan fingerprint density at radius 1 is 1.22 bits per heavy atom. The van der Waals surface area contributed by atoms with Crippen LogP contribution < -0.4 is 5.43 Å². The summed E-state index contributed by atoms with van der Waals surface area (Å²) in [4.78, 5) is 12.1. The number of nitrogens with one attached hydrogen (secondary N) is 1. The lowest BCUT2D eigenvalue weighted by molar-refractivity contribution is -0.116. The van der Waals surface area contributed by atoms with Crippen LogP contribution in [0.3, 0.4) is 0 Å². The molecule has 23 heavy (non-hydrogen) atoms. The Bertz CT molecular complexity index is 813. The van der Waals surface area contributed by atoms with E-state index in [4.69, 9.17) is 4.74 Å². The van der Waals surface area contributed by atoms with Gasteiger partial charge in [0.2, 0.25) is 5.90 Å². The largest absolute Gasteiger partial charge is 0.473 e. The number of carbonyl (C=O) groups is 1. The molecule has 3 rings (SSSR count). The number of rotatable bonds is 3. The van der Waals surface area contributed by atoms with E-state index >= 15 is 0 Å². The van der Waals surface area contributed by atoms with E-state index in [0.29, 0.717) is 17.5 Å². The number of aromatic nitrogens is 1. The molecule has 0 atom stereocenters. The first kappa shape index (κ1) is 15.3. The number of amides is 1. The van der Waals surface area contributed by atoms with E-state index in [0.717, 1.165) is 16.5 Å². The van der Waals surface area contributed by atoms with Crippen molar-refractivity contribution in [2.75, 3.05) is 0 Å². The minimum Gasteiger partial charge on any atom is -0.473 e. The fraction of sp³-hybridized carbons (Fsp3) is 0.333. The van der Waals surface area contributed by atoms with Crippen molar-refractivity contribution in [1.82, 2.24) is 9.99 Å². The third-order valence-electron chi connectivity index (χ3n) is 3.71. The zero-order valence-corrected chi connectivity index (χ0v) is 13.8. The summed E-state index contributed by atoms with van der Waals surface area (Å²) in [6.45, 7) is 8.10. The lowest BCUT2D eigenvalue weighted by Crippen LogP contribution is -2.16. The smallest absolute Gasteiger partial charge is 0.277 e. The highest BCUT2D eigenvalue weighted by molar-refractivity contribution is 6.25. The maximum Gasteiger partial charge on any atom is 0.277 e. The molecule has 1 aromatic heterocycles. The van der Waals surface area contributed by atoms with Crippen molar-refractivity contribution < 1.29 is 9.53 Å². The maximum atomic E-state index is 12.1. The van der Waals surface area contributed by atoms with E-state index in [-0.39, 0.29) is 12.0 Å². The summed E-state index contributed by atoms with van der Waals surface area (Å²) >= 11 is 0. The first-order valence-electron chi connectivity index (χ1n) is 7.83. The molecule has 0 bridgehead atoms. The van der Waals surface area contributed by atoms with Gasteiger partial charge < -0.3 is 9.30 Å². The molecule has 120 valence electrons. The number of para-hydroxylation sites is 1. The molecule has 0 saturated heterocycles. The van der Waals surface area contributed by atoms with Gasteiger partial charge in [-0.1, -0.05) is 18.2 Å². The minimum atomic E-state index is -0.234. The Morgan fingerprint density at radius 3 is 2.65 bits per heavy atom. The quantitative estimate of drug-likeness (QED) is 0.882. The summed E-state index contributed by atoms with van der Waals surface area (Å²) in [5.41, 5.74) is 5.07. The predicted molar refractivity (Wildman–Crippen MR) is 92.1 cm³/mol. The number of hydrogen-bond donors (Lipinski definition) is 1. The van der Waals surface area contributed by atoms with Crippen molar-refractivity contribution in [2.45, 2.75) is 39.8 Å². The summed E-state index contributed by atoms with van der Waals surface area (Å²) in [6, 6.07) is 8.52. The van der Waals surface area contributed by atoms with Gasteiger partial charge in [-0.2, -0.15) is 0 Å². The second-order valence-corrected chi connectivity index (χ2v) is 6.19. The fourth-order valence-electron chi connectivity index (χ4n) is 2.69. The van der Waals surface area contributed by atoms with Crippen LogP contribution in [0.4, 0.5) is 0 Å². The fourth-order valence-corrected chi connectivity index (χ4v) is 2.69. The van der Waals surface area contributed by atoms with Crippen LogP contribution in [0.25, 0.3) is 17.0 Å². The summed E-state index contributed by atoms with van der Waals surface area (Å²) in [5.74, 6) is 0.119. The third-order valence-corrected chi connectivity index (χ3v) is 3.71.